The molecule has 0 saturated carbocycles. The Kier molecular flexibility index (Phi) is 2.87. The molecule has 0 saturated heterocycles. The van der Waals surface area contributed by atoms with Crippen molar-refractivity contribution in [3.8, 4) is 11.1 Å². The lowest BCUT2D eigenvalue weighted by atomic mass is 9.91. The fraction of sp³-hybridized carbons (Fsp3) is 0.176. The molecular formula is C17H15Br. The maximum absolute atomic E-state index is 3.69. The van der Waals surface area contributed by atoms with Gasteiger partial charge in [0.15, 0.2) is 0 Å². The Bertz CT molecular complexity index is 651. The highest BCUT2D eigenvalue weighted by atomic mass is 79.9. The van der Waals surface area contributed by atoms with Crippen LogP contribution >= 0.6 is 15.9 Å². The summed E-state index contributed by atoms with van der Waals surface area (Å²) in [6, 6.07) is 10.9. The van der Waals surface area contributed by atoms with Gasteiger partial charge in [-0.3, -0.25) is 0 Å². The number of benzene rings is 2. The summed E-state index contributed by atoms with van der Waals surface area (Å²) >= 11 is 3.69. The molecule has 2 aromatic carbocycles. The molecule has 1 aliphatic carbocycles. The lowest BCUT2D eigenvalue weighted by Crippen LogP contribution is -1.94. The first-order valence-electron chi connectivity index (χ1n) is 6.23. The van der Waals surface area contributed by atoms with Crippen LogP contribution in [0.4, 0.5) is 0 Å². The summed E-state index contributed by atoms with van der Waals surface area (Å²) in [6.45, 7) is 4.36. The van der Waals surface area contributed by atoms with Crippen LogP contribution in [0, 0.1) is 13.8 Å². The van der Waals surface area contributed by atoms with E-state index in [2.05, 4.69) is 72.3 Å². The minimum Gasteiger partial charge on any atom is -0.0795 e. The Morgan fingerprint density at radius 1 is 1.06 bits per heavy atom. The molecule has 0 fully saturated rings. The molecule has 1 heteroatoms. The summed E-state index contributed by atoms with van der Waals surface area (Å²) in [4.78, 5) is 0. The van der Waals surface area contributed by atoms with Crippen LogP contribution in [0.15, 0.2) is 40.9 Å². The van der Waals surface area contributed by atoms with Crippen LogP contribution in [0.2, 0.25) is 0 Å². The summed E-state index contributed by atoms with van der Waals surface area (Å²) in [5, 5.41) is 0. The van der Waals surface area contributed by atoms with Gasteiger partial charge in [0, 0.05) is 4.47 Å². The molecule has 0 radical (unpaired) electrons. The standard InChI is InChI=1S/C17H15Br/c1-11-6-3-4-7-13(11)16-10-17(18)12(2)14-8-5-9-15(14)16/h3-8,10H,9H2,1-2H3. The quantitative estimate of drug-likeness (QED) is 0.670. The van der Waals surface area contributed by atoms with Crippen LogP contribution in [0.5, 0.6) is 0 Å². The molecule has 0 N–H and O–H groups in total. The Labute approximate surface area is 116 Å². The predicted octanol–water partition coefficient (Wildman–Crippen LogP) is 5.30. The second-order valence-corrected chi connectivity index (χ2v) is 5.70. The van der Waals surface area contributed by atoms with Crippen molar-refractivity contribution >= 4 is 22.0 Å². The van der Waals surface area contributed by atoms with Gasteiger partial charge >= 0.3 is 0 Å². The van der Waals surface area contributed by atoms with Crippen molar-refractivity contribution in [3.05, 3.63) is 63.1 Å². The molecule has 0 nitrogen and oxygen atoms in total. The number of hydrogen-bond acceptors (Lipinski definition) is 0. The van der Waals surface area contributed by atoms with Gasteiger partial charge in [-0.15, -0.1) is 0 Å². The van der Waals surface area contributed by atoms with E-state index >= 15 is 0 Å². The van der Waals surface area contributed by atoms with Gasteiger partial charge < -0.3 is 0 Å². The maximum atomic E-state index is 3.69. The topological polar surface area (TPSA) is 0 Å². The van der Waals surface area contributed by atoms with Gasteiger partial charge in [0.05, 0.1) is 0 Å². The van der Waals surface area contributed by atoms with Crippen molar-refractivity contribution in [2.45, 2.75) is 20.3 Å². The predicted molar refractivity (Wildman–Crippen MR) is 81.8 cm³/mol. The lowest BCUT2D eigenvalue weighted by Gasteiger charge is -2.15. The molecule has 0 unspecified atom stereocenters. The largest absolute Gasteiger partial charge is 0.0795 e. The van der Waals surface area contributed by atoms with E-state index in [1.54, 1.807) is 0 Å². The summed E-state index contributed by atoms with van der Waals surface area (Å²) in [5.74, 6) is 0. The van der Waals surface area contributed by atoms with Gasteiger partial charge in [0.25, 0.3) is 0 Å². The van der Waals surface area contributed by atoms with E-state index in [-0.39, 0.29) is 0 Å². The number of hydrogen-bond donors (Lipinski definition) is 0. The Morgan fingerprint density at radius 2 is 1.83 bits per heavy atom. The second kappa shape index (κ2) is 4.40. The van der Waals surface area contributed by atoms with Crippen molar-refractivity contribution in [2.75, 3.05) is 0 Å². The van der Waals surface area contributed by atoms with Crippen molar-refractivity contribution in [3.63, 3.8) is 0 Å². The highest BCUT2D eigenvalue weighted by Gasteiger charge is 2.17. The van der Waals surface area contributed by atoms with Crippen molar-refractivity contribution in [1.29, 1.82) is 0 Å². The average molecular weight is 299 g/mol. The SMILES string of the molecule is Cc1ccccc1-c1cc(Br)c(C)c2c1CC=C2. The molecule has 90 valence electrons. The molecule has 2 aromatic rings. The van der Waals surface area contributed by atoms with Crippen LogP contribution in [-0.4, -0.2) is 0 Å². The van der Waals surface area contributed by atoms with E-state index in [1.807, 2.05) is 0 Å². The summed E-state index contributed by atoms with van der Waals surface area (Å²) in [5.41, 5.74) is 8.25. The number of allylic oxidation sites excluding steroid dienone is 1. The third-order valence-corrected chi connectivity index (χ3v) is 4.55. The van der Waals surface area contributed by atoms with Crippen LogP contribution < -0.4 is 0 Å². The normalized spacial score (nSPS) is 12.8. The average Bonchev–Trinajstić information content (AvgIpc) is 2.84. The van der Waals surface area contributed by atoms with E-state index in [0.29, 0.717) is 0 Å². The van der Waals surface area contributed by atoms with Crippen LogP contribution in [0.25, 0.3) is 17.2 Å². The van der Waals surface area contributed by atoms with E-state index in [0.717, 1.165) is 6.42 Å². The van der Waals surface area contributed by atoms with Crippen LogP contribution in [0.1, 0.15) is 22.3 Å². The minimum atomic E-state index is 1.05. The van der Waals surface area contributed by atoms with Gasteiger partial charge in [-0.1, -0.05) is 52.3 Å². The van der Waals surface area contributed by atoms with Crippen molar-refractivity contribution in [1.82, 2.24) is 0 Å². The Morgan fingerprint density at radius 3 is 2.61 bits per heavy atom. The molecule has 0 aliphatic heterocycles. The summed E-state index contributed by atoms with van der Waals surface area (Å²) < 4.78 is 1.20. The molecule has 0 spiro atoms. The third-order valence-electron chi connectivity index (χ3n) is 3.73. The van der Waals surface area contributed by atoms with Crippen LogP contribution in [0.3, 0.4) is 0 Å². The van der Waals surface area contributed by atoms with Gasteiger partial charge in [0.2, 0.25) is 0 Å². The molecule has 0 amide bonds. The first-order chi connectivity index (χ1) is 8.68. The Hall–Kier alpha value is -1.34. The van der Waals surface area contributed by atoms with Gasteiger partial charge in [0.1, 0.15) is 0 Å². The van der Waals surface area contributed by atoms with E-state index in [1.165, 1.54) is 37.9 Å². The highest BCUT2D eigenvalue weighted by Crippen LogP contribution is 2.38. The molecule has 18 heavy (non-hydrogen) atoms. The maximum Gasteiger partial charge on any atom is 0.0216 e. The summed E-state index contributed by atoms with van der Waals surface area (Å²) in [7, 11) is 0. The number of aryl methyl sites for hydroxylation is 1. The molecule has 0 aromatic heterocycles. The smallest absolute Gasteiger partial charge is 0.0216 e. The Balaban J connectivity index is 2.30. The van der Waals surface area contributed by atoms with E-state index in [9.17, 15) is 0 Å². The highest BCUT2D eigenvalue weighted by molar-refractivity contribution is 9.10. The second-order valence-electron chi connectivity index (χ2n) is 4.84. The number of rotatable bonds is 1. The van der Waals surface area contributed by atoms with E-state index in [4.69, 9.17) is 0 Å². The molecular weight excluding hydrogens is 284 g/mol. The number of fused-ring (bicyclic) bond motifs is 1. The monoisotopic (exact) mass is 298 g/mol. The number of halogens is 1. The zero-order valence-corrected chi connectivity index (χ0v) is 12.2. The fourth-order valence-corrected chi connectivity index (χ4v) is 3.12. The van der Waals surface area contributed by atoms with Crippen LogP contribution in [-0.2, 0) is 6.42 Å². The van der Waals surface area contributed by atoms with Gasteiger partial charge in [-0.05, 0) is 59.7 Å². The lowest BCUT2D eigenvalue weighted by molar-refractivity contribution is 1.26. The molecule has 0 atom stereocenters. The zero-order valence-electron chi connectivity index (χ0n) is 10.6. The first kappa shape index (κ1) is 11.7. The fourth-order valence-electron chi connectivity index (χ4n) is 2.68. The van der Waals surface area contributed by atoms with Crippen molar-refractivity contribution < 1.29 is 0 Å². The first-order valence-corrected chi connectivity index (χ1v) is 7.02. The molecule has 3 rings (SSSR count). The minimum absolute atomic E-state index is 1.05. The van der Waals surface area contributed by atoms with Gasteiger partial charge in [-0.25, -0.2) is 0 Å². The molecule has 1 aliphatic rings. The molecule has 0 heterocycles. The van der Waals surface area contributed by atoms with Crippen molar-refractivity contribution in [2.24, 2.45) is 0 Å². The molecule has 0 bridgehead atoms. The zero-order chi connectivity index (χ0) is 12.7. The summed E-state index contributed by atoms with van der Waals surface area (Å²) in [6.07, 6.45) is 5.55. The van der Waals surface area contributed by atoms with Gasteiger partial charge in [-0.2, -0.15) is 0 Å². The van der Waals surface area contributed by atoms with E-state index < -0.39 is 0 Å². The third kappa shape index (κ3) is 1.74.